The van der Waals surface area contributed by atoms with Crippen molar-refractivity contribution < 1.29 is 9.42 Å². The number of carbonyl (C=O) groups is 1. The van der Waals surface area contributed by atoms with Crippen LogP contribution in [0.3, 0.4) is 0 Å². The maximum absolute atomic E-state index is 12.1. The normalized spacial score (nSPS) is 11.5. The summed E-state index contributed by atoms with van der Waals surface area (Å²) in [5.41, 5.74) is 3.17. The smallest absolute Gasteiger partial charge is 0.211 e. The molecule has 0 unspecified atom stereocenters. The average molecular weight is 419 g/mol. The van der Waals surface area contributed by atoms with Crippen molar-refractivity contribution in [3.05, 3.63) is 34.1 Å². The lowest BCUT2D eigenvalue weighted by Gasteiger charge is -1.99. The number of aryl methyl sites for hydroxylation is 2. The Morgan fingerprint density at radius 2 is 2.16 bits per heavy atom. The zero-order chi connectivity index (χ0) is 17.6. The van der Waals surface area contributed by atoms with Gasteiger partial charge in [-0.15, -0.1) is 10.2 Å². The van der Waals surface area contributed by atoms with Crippen LogP contribution >= 0.6 is 27.7 Å². The third-order valence-corrected chi connectivity index (χ3v) is 5.12. The number of halogens is 1. The molecule has 25 heavy (non-hydrogen) atoms. The highest BCUT2D eigenvalue weighted by Crippen LogP contribution is 2.28. The molecule has 0 fully saturated rings. The van der Waals surface area contributed by atoms with Crippen LogP contribution in [0, 0.1) is 6.92 Å². The van der Waals surface area contributed by atoms with E-state index in [9.17, 15) is 4.79 Å². The van der Waals surface area contributed by atoms with Gasteiger partial charge in [0.25, 0.3) is 0 Å². The number of hydrogen-bond acceptors (Lipinski definition) is 8. The molecule has 4 rings (SSSR count). The first-order chi connectivity index (χ1) is 12.0. The predicted octanol–water partition coefficient (Wildman–Crippen LogP) is 2.95. The summed E-state index contributed by atoms with van der Waals surface area (Å²) >= 11 is 4.67. The molecule has 1 aromatic carbocycles. The van der Waals surface area contributed by atoms with Crippen molar-refractivity contribution in [1.82, 2.24) is 30.1 Å². The summed E-state index contributed by atoms with van der Waals surface area (Å²) in [6, 6.07) is 5.96. The molecule has 126 valence electrons. The monoisotopic (exact) mass is 418 g/mol. The topological polar surface area (TPSA) is 99.6 Å². The first-order valence-electron chi connectivity index (χ1n) is 7.28. The minimum Gasteiger partial charge on any atom is -0.327 e. The molecule has 0 atom stereocenters. The Morgan fingerprint density at radius 3 is 2.92 bits per heavy atom. The van der Waals surface area contributed by atoms with E-state index in [1.165, 1.54) is 11.8 Å². The molecule has 0 aliphatic rings. The van der Waals surface area contributed by atoms with E-state index in [1.807, 2.05) is 29.8 Å². The van der Waals surface area contributed by atoms with Crippen molar-refractivity contribution in [2.75, 3.05) is 5.75 Å². The first-order valence-corrected chi connectivity index (χ1v) is 9.06. The molecule has 0 amide bonds. The largest absolute Gasteiger partial charge is 0.327 e. The summed E-state index contributed by atoms with van der Waals surface area (Å²) < 4.78 is 7.48. The fraction of sp³-hybridized carbons (Fsp3) is 0.200. The van der Waals surface area contributed by atoms with Gasteiger partial charge in [0.2, 0.25) is 5.16 Å². The van der Waals surface area contributed by atoms with Gasteiger partial charge in [-0.05, 0) is 30.3 Å². The first kappa shape index (κ1) is 16.2. The Labute approximate surface area is 154 Å². The standard InChI is InChI=1S/C15H11BrN6O2S/c1-7-12(21-24-20-7)11(23)6-25-15-17-14-13(18-19-15)9-5-8(16)3-4-10(9)22(14)2/h3-5H,6H2,1-2H3. The van der Waals surface area contributed by atoms with E-state index >= 15 is 0 Å². The van der Waals surface area contributed by atoms with Gasteiger partial charge in [-0.3, -0.25) is 4.79 Å². The highest BCUT2D eigenvalue weighted by atomic mass is 79.9. The van der Waals surface area contributed by atoms with Crippen molar-refractivity contribution in [3.63, 3.8) is 0 Å². The number of nitrogens with zero attached hydrogens (tertiary/aromatic N) is 6. The minimum absolute atomic E-state index is 0.137. The Kier molecular flexibility index (Phi) is 4.00. The Morgan fingerprint density at radius 1 is 1.32 bits per heavy atom. The van der Waals surface area contributed by atoms with Crippen LogP contribution < -0.4 is 0 Å². The highest BCUT2D eigenvalue weighted by Gasteiger charge is 2.17. The molecule has 0 bridgehead atoms. The van der Waals surface area contributed by atoms with Crippen LogP contribution in [0.4, 0.5) is 0 Å². The lowest BCUT2D eigenvalue weighted by molar-refractivity contribution is 0.101. The second kappa shape index (κ2) is 6.19. The number of rotatable bonds is 4. The van der Waals surface area contributed by atoms with E-state index in [2.05, 4.69) is 46.1 Å². The molecule has 0 spiro atoms. The molecule has 0 aliphatic heterocycles. The van der Waals surface area contributed by atoms with E-state index in [1.54, 1.807) is 6.92 Å². The molecule has 0 saturated heterocycles. The molecular formula is C15H11BrN6O2S. The van der Waals surface area contributed by atoms with Crippen LogP contribution in [-0.4, -0.2) is 41.6 Å². The number of hydrogen-bond donors (Lipinski definition) is 0. The van der Waals surface area contributed by atoms with Crippen LogP contribution in [0.25, 0.3) is 22.1 Å². The lowest BCUT2D eigenvalue weighted by Crippen LogP contribution is -2.06. The Balaban J connectivity index is 1.65. The van der Waals surface area contributed by atoms with Crippen molar-refractivity contribution in [2.45, 2.75) is 12.1 Å². The minimum atomic E-state index is -0.187. The lowest BCUT2D eigenvalue weighted by atomic mass is 10.2. The molecule has 0 radical (unpaired) electrons. The summed E-state index contributed by atoms with van der Waals surface area (Å²) in [6.45, 7) is 1.67. The fourth-order valence-corrected chi connectivity index (χ4v) is 3.57. The van der Waals surface area contributed by atoms with Crippen molar-refractivity contribution in [3.8, 4) is 0 Å². The zero-order valence-corrected chi connectivity index (χ0v) is 15.6. The summed E-state index contributed by atoms with van der Waals surface area (Å²) in [6.07, 6.45) is 0. The van der Waals surface area contributed by atoms with E-state index in [0.29, 0.717) is 10.9 Å². The second-order valence-corrected chi connectivity index (χ2v) is 7.26. The van der Waals surface area contributed by atoms with Crippen LogP contribution in [-0.2, 0) is 7.05 Å². The number of carbonyl (C=O) groups excluding carboxylic acids is 1. The van der Waals surface area contributed by atoms with Gasteiger partial charge in [0.1, 0.15) is 11.2 Å². The number of aromatic nitrogens is 6. The summed E-state index contributed by atoms with van der Waals surface area (Å²) in [5.74, 6) is -0.0500. The number of Topliss-reactive ketones (excluding diaryl/α,β-unsaturated/α-hetero) is 1. The number of benzene rings is 1. The Hall–Kier alpha value is -2.33. The predicted molar refractivity (Wildman–Crippen MR) is 95.6 cm³/mol. The number of fused-ring (bicyclic) bond motifs is 3. The zero-order valence-electron chi connectivity index (χ0n) is 13.2. The SMILES string of the molecule is Cc1nonc1C(=O)CSc1nnc2c3cc(Br)ccc3n(C)c2n1. The van der Waals surface area contributed by atoms with Gasteiger partial charge in [0.15, 0.2) is 17.1 Å². The van der Waals surface area contributed by atoms with Crippen LogP contribution in [0.2, 0.25) is 0 Å². The molecule has 0 N–H and O–H groups in total. The number of ketones is 1. The molecular weight excluding hydrogens is 408 g/mol. The third-order valence-electron chi connectivity index (χ3n) is 3.79. The third kappa shape index (κ3) is 2.81. The Bertz CT molecular complexity index is 1120. The molecule has 3 aromatic heterocycles. The quantitative estimate of drug-likeness (QED) is 0.368. The van der Waals surface area contributed by atoms with Crippen molar-refractivity contribution >= 4 is 55.5 Å². The molecule has 10 heteroatoms. The van der Waals surface area contributed by atoms with E-state index in [-0.39, 0.29) is 17.2 Å². The highest BCUT2D eigenvalue weighted by molar-refractivity contribution is 9.10. The van der Waals surface area contributed by atoms with Gasteiger partial charge < -0.3 is 4.57 Å². The molecule has 0 saturated carbocycles. The second-order valence-electron chi connectivity index (χ2n) is 5.40. The van der Waals surface area contributed by atoms with Gasteiger partial charge in [-0.1, -0.05) is 32.8 Å². The summed E-state index contributed by atoms with van der Waals surface area (Å²) in [5, 5.41) is 17.1. The van der Waals surface area contributed by atoms with E-state index in [0.717, 1.165) is 26.5 Å². The van der Waals surface area contributed by atoms with Gasteiger partial charge in [-0.2, -0.15) is 0 Å². The van der Waals surface area contributed by atoms with E-state index < -0.39 is 0 Å². The molecule has 8 nitrogen and oxygen atoms in total. The number of thioether (sulfide) groups is 1. The summed E-state index contributed by atoms with van der Waals surface area (Å²) in [7, 11) is 1.93. The fourth-order valence-electron chi connectivity index (χ4n) is 2.56. The van der Waals surface area contributed by atoms with Gasteiger partial charge in [-0.25, -0.2) is 9.61 Å². The van der Waals surface area contributed by atoms with Gasteiger partial charge in [0.05, 0.1) is 11.3 Å². The van der Waals surface area contributed by atoms with Gasteiger partial charge in [0, 0.05) is 16.9 Å². The van der Waals surface area contributed by atoms with Crippen LogP contribution in [0.5, 0.6) is 0 Å². The maximum atomic E-state index is 12.1. The maximum Gasteiger partial charge on any atom is 0.211 e. The van der Waals surface area contributed by atoms with Crippen molar-refractivity contribution in [2.24, 2.45) is 7.05 Å². The van der Waals surface area contributed by atoms with Gasteiger partial charge >= 0.3 is 0 Å². The molecule has 0 aliphatic carbocycles. The molecule has 4 aromatic rings. The molecule has 3 heterocycles. The summed E-state index contributed by atoms with van der Waals surface area (Å²) in [4.78, 5) is 16.7. The van der Waals surface area contributed by atoms with E-state index in [4.69, 9.17) is 0 Å². The van der Waals surface area contributed by atoms with Crippen LogP contribution in [0.1, 0.15) is 16.2 Å². The average Bonchev–Trinajstić information content (AvgIpc) is 3.15. The van der Waals surface area contributed by atoms with Crippen LogP contribution in [0.15, 0.2) is 32.5 Å². The van der Waals surface area contributed by atoms with Crippen molar-refractivity contribution in [1.29, 1.82) is 0 Å².